The van der Waals surface area contributed by atoms with Crippen LogP contribution in [0.4, 0.5) is 17.1 Å². The van der Waals surface area contributed by atoms with E-state index in [1.807, 2.05) is 6.92 Å². The quantitative estimate of drug-likeness (QED) is 0.499. The van der Waals surface area contributed by atoms with Crippen molar-refractivity contribution in [1.82, 2.24) is 0 Å². The molecule has 0 aromatic heterocycles. The topological polar surface area (TPSA) is 112 Å². The number of nitrogens with zero attached hydrogens (tertiary/aromatic N) is 1. The first-order valence-electron chi connectivity index (χ1n) is 8.60. The average molecular weight is 389 g/mol. The smallest absolute Gasteiger partial charge is 0.273 e. The van der Waals surface area contributed by atoms with Crippen LogP contribution in [0.3, 0.4) is 0 Å². The van der Waals surface area contributed by atoms with Crippen LogP contribution in [0.15, 0.2) is 36.4 Å². The van der Waals surface area contributed by atoms with Crippen molar-refractivity contribution in [1.29, 1.82) is 0 Å². The second-order valence-corrected chi connectivity index (χ2v) is 5.80. The van der Waals surface area contributed by atoms with E-state index < -0.39 is 11.0 Å². The van der Waals surface area contributed by atoms with Gasteiger partial charge in [0, 0.05) is 17.8 Å². The number of rotatable bonds is 9. The molecule has 0 spiro atoms. The van der Waals surface area contributed by atoms with Gasteiger partial charge >= 0.3 is 0 Å². The molecule has 1 atom stereocenters. The summed E-state index contributed by atoms with van der Waals surface area (Å²) < 4.78 is 15.9. The van der Waals surface area contributed by atoms with Crippen LogP contribution in [0, 0.1) is 10.1 Å². The zero-order chi connectivity index (χ0) is 20.7. The summed E-state index contributed by atoms with van der Waals surface area (Å²) in [6, 6.07) is 8.67. The third kappa shape index (κ3) is 5.03. The Morgan fingerprint density at radius 3 is 2.43 bits per heavy atom. The van der Waals surface area contributed by atoms with Crippen LogP contribution >= 0.6 is 0 Å². The molecule has 0 saturated heterocycles. The predicted octanol–water partition coefficient (Wildman–Crippen LogP) is 3.45. The molecule has 0 unspecified atom stereocenters. The van der Waals surface area contributed by atoms with E-state index in [-0.39, 0.29) is 17.3 Å². The molecule has 0 fully saturated rings. The Hall–Kier alpha value is -3.49. The van der Waals surface area contributed by atoms with Crippen LogP contribution in [0.2, 0.25) is 0 Å². The molecule has 0 aliphatic heterocycles. The number of anilines is 2. The fourth-order valence-electron chi connectivity index (χ4n) is 2.49. The molecule has 0 saturated carbocycles. The van der Waals surface area contributed by atoms with Gasteiger partial charge < -0.3 is 24.8 Å². The fraction of sp³-hybridized carbons (Fsp3) is 0.316. The maximum Gasteiger partial charge on any atom is 0.273 e. The molecule has 2 aromatic carbocycles. The molecule has 0 radical (unpaired) electrons. The Bertz CT molecular complexity index is 856. The lowest BCUT2D eigenvalue weighted by molar-refractivity contribution is -0.384. The second kappa shape index (κ2) is 9.45. The van der Waals surface area contributed by atoms with Gasteiger partial charge in [-0.05, 0) is 32.0 Å². The molecule has 2 aromatic rings. The highest BCUT2D eigenvalue weighted by Crippen LogP contribution is 2.31. The van der Waals surface area contributed by atoms with E-state index in [1.54, 1.807) is 32.2 Å². The number of methoxy groups -OCH3 is 2. The molecule has 28 heavy (non-hydrogen) atoms. The molecule has 1 amide bonds. The van der Waals surface area contributed by atoms with E-state index in [0.29, 0.717) is 29.5 Å². The monoisotopic (exact) mass is 389 g/mol. The van der Waals surface area contributed by atoms with Gasteiger partial charge in [-0.25, -0.2) is 0 Å². The number of carbonyl (C=O) groups is 1. The predicted molar refractivity (Wildman–Crippen MR) is 106 cm³/mol. The third-order valence-corrected chi connectivity index (χ3v) is 3.89. The molecular weight excluding hydrogens is 366 g/mol. The number of benzene rings is 2. The Morgan fingerprint density at radius 2 is 1.82 bits per heavy atom. The SMILES string of the molecule is CCOc1ccc(N[C@H](C)C(=O)Nc2ccc([N+](=O)[O-])cc2OC)cc1OC. The van der Waals surface area contributed by atoms with Crippen molar-refractivity contribution in [3.05, 3.63) is 46.5 Å². The summed E-state index contributed by atoms with van der Waals surface area (Å²) in [5.41, 5.74) is 0.900. The lowest BCUT2D eigenvalue weighted by Crippen LogP contribution is -2.32. The van der Waals surface area contributed by atoms with Gasteiger partial charge in [-0.1, -0.05) is 0 Å². The summed E-state index contributed by atoms with van der Waals surface area (Å²) in [7, 11) is 2.92. The van der Waals surface area contributed by atoms with Crippen LogP contribution < -0.4 is 24.8 Å². The molecule has 2 rings (SSSR count). The largest absolute Gasteiger partial charge is 0.494 e. The first-order valence-corrected chi connectivity index (χ1v) is 8.60. The summed E-state index contributed by atoms with van der Waals surface area (Å²) in [6.45, 7) is 4.08. The molecule has 0 aliphatic rings. The summed E-state index contributed by atoms with van der Waals surface area (Å²) >= 11 is 0. The fourth-order valence-corrected chi connectivity index (χ4v) is 2.49. The van der Waals surface area contributed by atoms with Gasteiger partial charge in [-0.2, -0.15) is 0 Å². The van der Waals surface area contributed by atoms with Gasteiger partial charge in [0.2, 0.25) is 5.91 Å². The maximum absolute atomic E-state index is 12.5. The number of amides is 1. The van der Waals surface area contributed by atoms with Crippen LogP contribution in [-0.4, -0.2) is 37.7 Å². The first kappa shape index (κ1) is 20.8. The molecule has 0 aliphatic carbocycles. The molecule has 150 valence electrons. The molecule has 2 N–H and O–H groups in total. The van der Waals surface area contributed by atoms with Gasteiger partial charge in [-0.3, -0.25) is 14.9 Å². The number of hydrogen-bond acceptors (Lipinski definition) is 7. The molecule has 9 heteroatoms. The second-order valence-electron chi connectivity index (χ2n) is 5.80. The zero-order valence-electron chi connectivity index (χ0n) is 16.1. The molecular formula is C19H23N3O6. The van der Waals surface area contributed by atoms with E-state index in [1.165, 1.54) is 25.3 Å². The van der Waals surface area contributed by atoms with Crippen molar-refractivity contribution < 1.29 is 23.9 Å². The Labute approximate surface area is 162 Å². The van der Waals surface area contributed by atoms with Gasteiger partial charge in [0.1, 0.15) is 11.8 Å². The molecule has 0 heterocycles. The van der Waals surface area contributed by atoms with E-state index in [4.69, 9.17) is 14.2 Å². The highest BCUT2D eigenvalue weighted by molar-refractivity contribution is 5.97. The van der Waals surface area contributed by atoms with Gasteiger partial charge in [0.25, 0.3) is 5.69 Å². The summed E-state index contributed by atoms with van der Waals surface area (Å²) in [5, 5.41) is 16.6. The highest BCUT2D eigenvalue weighted by Gasteiger charge is 2.18. The van der Waals surface area contributed by atoms with Crippen LogP contribution in [0.1, 0.15) is 13.8 Å². The van der Waals surface area contributed by atoms with E-state index in [2.05, 4.69) is 10.6 Å². The van der Waals surface area contributed by atoms with Gasteiger partial charge in [-0.15, -0.1) is 0 Å². The van der Waals surface area contributed by atoms with Gasteiger partial charge in [0.05, 0.1) is 37.5 Å². The van der Waals surface area contributed by atoms with E-state index in [9.17, 15) is 14.9 Å². The van der Waals surface area contributed by atoms with Crippen molar-refractivity contribution in [2.45, 2.75) is 19.9 Å². The zero-order valence-corrected chi connectivity index (χ0v) is 16.1. The Morgan fingerprint density at radius 1 is 1.11 bits per heavy atom. The Balaban J connectivity index is 2.10. The number of nitro groups is 1. The number of carbonyl (C=O) groups excluding carboxylic acids is 1. The minimum Gasteiger partial charge on any atom is -0.494 e. The van der Waals surface area contributed by atoms with Crippen molar-refractivity contribution in [2.75, 3.05) is 31.5 Å². The van der Waals surface area contributed by atoms with E-state index in [0.717, 1.165) is 0 Å². The number of non-ortho nitro benzene ring substituents is 1. The van der Waals surface area contributed by atoms with Crippen LogP contribution in [0.5, 0.6) is 17.2 Å². The highest BCUT2D eigenvalue weighted by atomic mass is 16.6. The number of nitro benzene ring substituents is 1. The summed E-state index contributed by atoms with van der Waals surface area (Å²) in [5.74, 6) is 1.04. The third-order valence-electron chi connectivity index (χ3n) is 3.89. The van der Waals surface area contributed by atoms with Crippen LogP contribution in [-0.2, 0) is 4.79 Å². The normalized spacial score (nSPS) is 11.3. The number of ether oxygens (including phenoxy) is 3. The van der Waals surface area contributed by atoms with Crippen molar-refractivity contribution >= 4 is 23.0 Å². The summed E-state index contributed by atoms with van der Waals surface area (Å²) in [6.07, 6.45) is 0. The minimum absolute atomic E-state index is 0.123. The summed E-state index contributed by atoms with van der Waals surface area (Å²) in [4.78, 5) is 22.8. The van der Waals surface area contributed by atoms with E-state index >= 15 is 0 Å². The number of nitrogens with one attached hydrogen (secondary N) is 2. The van der Waals surface area contributed by atoms with Gasteiger partial charge in [0.15, 0.2) is 11.5 Å². The number of hydrogen-bond donors (Lipinski definition) is 2. The Kier molecular flexibility index (Phi) is 7.02. The standard InChI is InChI=1S/C19H23N3O6/c1-5-28-16-9-6-13(10-18(16)27-4)20-12(2)19(23)21-15-8-7-14(22(24)25)11-17(15)26-3/h6-12,20H,5H2,1-4H3,(H,21,23)/t12-/m1/s1. The average Bonchev–Trinajstić information content (AvgIpc) is 2.69. The van der Waals surface area contributed by atoms with Crippen molar-refractivity contribution in [3.63, 3.8) is 0 Å². The van der Waals surface area contributed by atoms with Crippen molar-refractivity contribution in [3.8, 4) is 17.2 Å². The molecule has 0 bridgehead atoms. The first-order chi connectivity index (χ1) is 13.4. The lowest BCUT2D eigenvalue weighted by atomic mass is 10.2. The lowest BCUT2D eigenvalue weighted by Gasteiger charge is -2.18. The maximum atomic E-state index is 12.5. The van der Waals surface area contributed by atoms with Crippen LogP contribution in [0.25, 0.3) is 0 Å². The molecule has 9 nitrogen and oxygen atoms in total. The van der Waals surface area contributed by atoms with Crippen molar-refractivity contribution in [2.24, 2.45) is 0 Å². The minimum atomic E-state index is -0.595.